The maximum absolute atomic E-state index is 15.1. The monoisotopic (exact) mass is 483 g/mol. The molecule has 0 atom stereocenters. The highest BCUT2D eigenvalue weighted by atomic mass is 35.5. The fourth-order valence-electron chi connectivity index (χ4n) is 3.37. The number of fused-ring (bicyclic) bond motifs is 1. The molecule has 0 saturated carbocycles. The van der Waals surface area contributed by atoms with Crippen LogP contribution in [0.5, 0.6) is 0 Å². The summed E-state index contributed by atoms with van der Waals surface area (Å²) in [6.45, 7) is 1.64. The zero-order valence-corrected chi connectivity index (χ0v) is 18.8. The molecule has 0 spiro atoms. The molecule has 2 aromatic carbocycles. The maximum atomic E-state index is 15.1. The molecule has 33 heavy (non-hydrogen) atoms. The van der Waals surface area contributed by atoms with E-state index in [2.05, 4.69) is 19.7 Å². The molecule has 0 fully saturated rings. The van der Waals surface area contributed by atoms with Crippen LogP contribution in [0.15, 0.2) is 47.4 Å². The van der Waals surface area contributed by atoms with Crippen molar-refractivity contribution in [3.8, 4) is 28.6 Å². The predicted octanol–water partition coefficient (Wildman–Crippen LogP) is 4.00. The third-order valence-electron chi connectivity index (χ3n) is 4.81. The van der Waals surface area contributed by atoms with Crippen LogP contribution in [-0.4, -0.2) is 29.6 Å². The number of H-pyrrole nitrogens is 1. The molecule has 166 valence electrons. The Morgan fingerprint density at radius 2 is 1.94 bits per heavy atom. The van der Waals surface area contributed by atoms with Gasteiger partial charge in [-0.05, 0) is 36.8 Å². The Balaban J connectivity index is 2.06. The molecule has 0 amide bonds. The lowest BCUT2D eigenvalue weighted by Gasteiger charge is -2.15. The van der Waals surface area contributed by atoms with E-state index in [0.717, 1.165) is 6.26 Å². The summed E-state index contributed by atoms with van der Waals surface area (Å²) >= 11 is 6.36. The van der Waals surface area contributed by atoms with E-state index in [4.69, 9.17) is 11.6 Å². The molecule has 0 saturated heterocycles. The Morgan fingerprint density at radius 1 is 1.18 bits per heavy atom. The number of aromatic nitrogens is 3. The van der Waals surface area contributed by atoms with Crippen molar-refractivity contribution in [2.75, 3.05) is 11.0 Å². The smallest absolute Gasteiger partial charge is 0.229 e. The topological polar surface area (TPSA) is 129 Å². The number of aryl methyl sites for hydroxylation is 1. The zero-order chi connectivity index (χ0) is 23.9. The summed E-state index contributed by atoms with van der Waals surface area (Å²) in [6, 6.07) is 10.4. The van der Waals surface area contributed by atoms with Crippen LogP contribution in [0.2, 0.25) is 5.02 Å². The van der Waals surface area contributed by atoms with Crippen LogP contribution in [0.3, 0.4) is 0 Å². The zero-order valence-electron chi connectivity index (χ0n) is 17.3. The molecule has 4 aromatic rings. The van der Waals surface area contributed by atoms with Gasteiger partial charge in [-0.25, -0.2) is 22.8 Å². The van der Waals surface area contributed by atoms with Gasteiger partial charge in [-0.3, -0.25) is 9.52 Å². The minimum absolute atomic E-state index is 0.00950. The van der Waals surface area contributed by atoms with Gasteiger partial charge < -0.3 is 4.98 Å². The first-order chi connectivity index (χ1) is 15.6. The summed E-state index contributed by atoms with van der Waals surface area (Å²) in [7, 11) is -3.59. The van der Waals surface area contributed by atoms with Crippen LogP contribution in [0, 0.1) is 24.1 Å². The second-order valence-corrected chi connectivity index (χ2v) is 9.42. The highest BCUT2D eigenvalue weighted by molar-refractivity contribution is 7.92. The number of nitriles is 1. The fourth-order valence-corrected chi connectivity index (χ4v) is 4.38. The molecule has 0 radical (unpaired) electrons. The van der Waals surface area contributed by atoms with Crippen LogP contribution in [0.4, 0.5) is 10.1 Å². The van der Waals surface area contributed by atoms with Gasteiger partial charge in [-0.2, -0.15) is 5.26 Å². The fraction of sp³-hybridized carbons (Fsp3) is 0.0909. The second-order valence-electron chi connectivity index (χ2n) is 7.26. The number of nitrogens with zero attached hydrogens (tertiary/aromatic N) is 3. The number of rotatable bonds is 4. The summed E-state index contributed by atoms with van der Waals surface area (Å²) in [5.74, 6) is -0.786. The van der Waals surface area contributed by atoms with Crippen molar-refractivity contribution in [3.63, 3.8) is 0 Å². The Hall–Kier alpha value is -3.81. The Labute approximate surface area is 192 Å². The number of benzene rings is 2. The molecule has 8 nitrogen and oxygen atoms in total. The van der Waals surface area contributed by atoms with E-state index in [1.807, 2.05) is 0 Å². The molecule has 0 aliphatic rings. The third kappa shape index (κ3) is 4.28. The molecule has 2 aromatic heterocycles. The largest absolute Gasteiger partial charge is 0.345 e. The van der Waals surface area contributed by atoms with Gasteiger partial charge >= 0.3 is 0 Å². The molecule has 0 aliphatic carbocycles. The molecule has 2 N–H and O–H groups in total. The van der Waals surface area contributed by atoms with E-state index in [1.54, 1.807) is 19.1 Å². The summed E-state index contributed by atoms with van der Waals surface area (Å²) in [5, 5.41) is 9.31. The van der Waals surface area contributed by atoms with E-state index in [-0.39, 0.29) is 44.4 Å². The normalized spacial score (nSPS) is 11.4. The van der Waals surface area contributed by atoms with Crippen molar-refractivity contribution < 1.29 is 12.8 Å². The first-order valence-corrected chi connectivity index (χ1v) is 11.7. The van der Waals surface area contributed by atoms with Crippen molar-refractivity contribution >= 4 is 38.5 Å². The van der Waals surface area contributed by atoms with E-state index in [0.29, 0.717) is 11.1 Å². The average molecular weight is 484 g/mol. The van der Waals surface area contributed by atoms with Crippen molar-refractivity contribution in [3.05, 3.63) is 74.8 Å². The lowest BCUT2D eigenvalue weighted by molar-refractivity contribution is 0.606. The van der Waals surface area contributed by atoms with Gasteiger partial charge in [0.15, 0.2) is 11.2 Å². The number of nitrogens with one attached hydrogen (secondary N) is 2. The number of anilines is 1. The minimum atomic E-state index is -3.59. The highest BCUT2D eigenvalue weighted by Crippen LogP contribution is 2.37. The molecule has 2 heterocycles. The summed E-state index contributed by atoms with van der Waals surface area (Å²) < 4.78 is 40.8. The lowest BCUT2D eigenvalue weighted by Crippen LogP contribution is -2.11. The molecule has 11 heteroatoms. The highest BCUT2D eigenvalue weighted by Gasteiger charge is 2.21. The summed E-state index contributed by atoms with van der Waals surface area (Å²) in [5.41, 5.74) is 0.875. The molecule has 0 bridgehead atoms. The standard InChI is InChI=1S/C22H15ClFN5O3S/c1-11-8-13(9-15(23)18(11)29-33(2,31)32)19-20(14-5-3-4-12(10-25)17(14)24)28-22-21(27-19)16(30)6-7-26-22/h3-9,29H,1-2H3,(H,26,28,30). The number of aromatic amines is 1. The quantitative estimate of drug-likeness (QED) is 0.451. The van der Waals surface area contributed by atoms with Gasteiger partial charge in [0.05, 0.1) is 28.2 Å². The number of pyridine rings is 1. The Kier molecular flexibility index (Phi) is 5.61. The first kappa shape index (κ1) is 22.4. The third-order valence-corrected chi connectivity index (χ3v) is 5.68. The lowest BCUT2D eigenvalue weighted by atomic mass is 10.00. The molecular weight excluding hydrogens is 469 g/mol. The predicted molar refractivity (Wildman–Crippen MR) is 124 cm³/mol. The van der Waals surface area contributed by atoms with Crippen LogP contribution in [0.25, 0.3) is 33.7 Å². The number of hydrogen-bond donors (Lipinski definition) is 2. The average Bonchev–Trinajstić information content (AvgIpc) is 2.75. The maximum Gasteiger partial charge on any atom is 0.229 e. The Morgan fingerprint density at radius 3 is 2.61 bits per heavy atom. The first-order valence-electron chi connectivity index (χ1n) is 9.46. The minimum Gasteiger partial charge on any atom is -0.345 e. The van der Waals surface area contributed by atoms with E-state index >= 15 is 4.39 Å². The van der Waals surface area contributed by atoms with Gasteiger partial charge in [-0.1, -0.05) is 17.7 Å². The van der Waals surface area contributed by atoms with Crippen molar-refractivity contribution in [2.45, 2.75) is 6.92 Å². The van der Waals surface area contributed by atoms with Gasteiger partial charge in [0.25, 0.3) is 0 Å². The van der Waals surface area contributed by atoms with Crippen LogP contribution in [0.1, 0.15) is 11.1 Å². The van der Waals surface area contributed by atoms with Crippen molar-refractivity contribution in [1.29, 1.82) is 5.26 Å². The second kappa shape index (κ2) is 8.27. The molecule has 0 aliphatic heterocycles. The van der Waals surface area contributed by atoms with E-state index < -0.39 is 21.3 Å². The van der Waals surface area contributed by atoms with Gasteiger partial charge in [0, 0.05) is 23.4 Å². The van der Waals surface area contributed by atoms with Gasteiger partial charge in [0.1, 0.15) is 17.6 Å². The number of sulfonamides is 1. The van der Waals surface area contributed by atoms with Crippen molar-refractivity contribution in [2.24, 2.45) is 0 Å². The SMILES string of the molecule is Cc1cc(-c2nc3c(=O)cc[nH]c3nc2-c2cccc(C#N)c2F)cc(Cl)c1NS(C)(=O)=O. The van der Waals surface area contributed by atoms with E-state index in [1.165, 1.54) is 36.5 Å². The van der Waals surface area contributed by atoms with Gasteiger partial charge in [0.2, 0.25) is 15.5 Å². The number of hydrogen-bond acceptors (Lipinski definition) is 6. The summed E-state index contributed by atoms with van der Waals surface area (Å²) in [6.07, 6.45) is 2.40. The summed E-state index contributed by atoms with van der Waals surface area (Å²) in [4.78, 5) is 24.1. The molecular formula is C22H15ClFN5O3S. The van der Waals surface area contributed by atoms with Crippen LogP contribution in [-0.2, 0) is 10.0 Å². The Bertz CT molecular complexity index is 1620. The van der Waals surface area contributed by atoms with Crippen LogP contribution >= 0.6 is 11.6 Å². The van der Waals surface area contributed by atoms with Gasteiger partial charge in [-0.15, -0.1) is 0 Å². The number of halogens is 2. The van der Waals surface area contributed by atoms with Crippen LogP contribution < -0.4 is 10.2 Å². The molecule has 4 rings (SSSR count). The molecule has 0 unspecified atom stereocenters. The van der Waals surface area contributed by atoms with E-state index in [9.17, 15) is 18.5 Å². The van der Waals surface area contributed by atoms with Crippen molar-refractivity contribution in [1.82, 2.24) is 15.0 Å².